The van der Waals surface area contributed by atoms with Gasteiger partial charge in [0.2, 0.25) is 0 Å². The maximum Gasteiger partial charge on any atom is 0.332 e. The van der Waals surface area contributed by atoms with Gasteiger partial charge in [-0.25, -0.2) is 4.79 Å². The van der Waals surface area contributed by atoms with Gasteiger partial charge in [0.25, 0.3) is 0 Å². The van der Waals surface area contributed by atoms with E-state index in [1.807, 2.05) is 0 Å². The first-order valence-electron chi connectivity index (χ1n) is 18.8. The number of hydrogen-bond acceptors (Lipinski definition) is 9. The van der Waals surface area contributed by atoms with Crippen LogP contribution in [0.1, 0.15) is 168 Å². The molecule has 1 atom stereocenters. The average Bonchev–Trinajstić information content (AvgIpc) is 3.05. The molecule has 272 valence electrons. The highest BCUT2D eigenvalue weighted by atomic mass is 16.6. The summed E-state index contributed by atoms with van der Waals surface area (Å²) in [6.07, 6.45) is 26.1. The van der Waals surface area contributed by atoms with Gasteiger partial charge >= 0.3 is 17.9 Å². The number of rotatable bonds is 36. The average molecular weight is 659 g/mol. The van der Waals surface area contributed by atoms with Gasteiger partial charge in [0.05, 0.1) is 26.4 Å². The summed E-state index contributed by atoms with van der Waals surface area (Å²) >= 11 is 0. The van der Waals surface area contributed by atoms with Crippen LogP contribution in [0.5, 0.6) is 0 Å². The van der Waals surface area contributed by atoms with Crippen molar-refractivity contribution in [2.45, 2.75) is 174 Å². The van der Waals surface area contributed by atoms with Crippen molar-refractivity contribution in [1.29, 1.82) is 0 Å². The molecule has 0 bridgehead atoms. The topological polar surface area (TPSA) is 118 Å². The van der Waals surface area contributed by atoms with Gasteiger partial charge in [0.1, 0.15) is 19.8 Å². The third kappa shape index (κ3) is 33.6. The van der Waals surface area contributed by atoms with E-state index in [1.165, 1.54) is 103 Å². The second-order valence-corrected chi connectivity index (χ2v) is 12.4. The van der Waals surface area contributed by atoms with E-state index in [4.69, 9.17) is 28.8 Å². The Hall–Kier alpha value is -1.71. The van der Waals surface area contributed by atoms with Gasteiger partial charge in [-0.15, -0.1) is 0 Å². The molecule has 0 heterocycles. The van der Waals surface area contributed by atoms with E-state index in [1.54, 1.807) is 0 Å². The molecule has 0 radical (unpaired) electrons. The molecule has 1 unspecified atom stereocenters. The first-order valence-corrected chi connectivity index (χ1v) is 18.8. The zero-order valence-corrected chi connectivity index (χ0v) is 29.7. The predicted octanol–water partition coefficient (Wildman–Crippen LogP) is 8.41. The fourth-order valence-corrected chi connectivity index (χ4v) is 5.15. The standard InChI is InChI=1S/C37H70O9/c1-3-5-7-9-11-13-15-17-19-21-23-25-35(39)44-31-34(32-45-37(41)33-43-30-29-42-28-27-38)46-36(40)26-24-22-20-18-16-14-12-10-8-6-4-2/h34,38H,3-33H2,1-2H3. The number of carbonyl (C=O) groups is 3. The Bertz CT molecular complexity index is 686. The Morgan fingerprint density at radius 1 is 0.478 bits per heavy atom. The van der Waals surface area contributed by atoms with E-state index in [9.17, 15) is 14.4 Å². The number of unbranched alkanes of at least 4 members (excludes halogenated alkanes) is 20. The summed E-state index contributed by atoms with van der Waals surface area (Å²) < 4.78 is 26.5. The van der Waals surface area contributed by atoms with Crippen molar-refractivity contribution in [3.8, 4) is 0 Å². The van der Waals surface area contributed by atoms with Crippen LogP contribution in [-0.2, 0) is 38.1 Å². The van der Waals surface area contributed by atoms with Crippen molar-refractivity contribution in [1.82, 2.24) is 0 Å². The van der Waals surface area contributed by atoms with Crippen LogP contribution in [0, 0.1) is 0 Å². The van der Waals surface area contributed by atoms with Gasteiger partial charge in [0.15, 0.2) is 6.10 Å². The van der Waals surface area contributed by atoms with E-state index in [0.29, 0.717) is 6.42 Å². The first-order chi connectivity index (χ1) is 22.5. The molecule has 0 fully saturated rings. The smallest absolute Gasteiger partial charge is 0.332 e. The molecular formula is C37H70O9. The van der Waals surface area contributed by atoms with Crippen molar-refractivity contribution < 1.29 is 43.2 Å². The minimum atomic E-state index is -0.863. The molecule has 0 spiro atoms. The lowest BCUT2D eigenvalue weighted by Crippen LogP contribution is -2.31. The van der Waals surface area contributed by atoms with E-state index in [2.05, 4.69) is 13.8 Å². The molecule has 0 aliphatic heterocycles. The van der Waals surface area contributed by atoms with Gasteiger partial charge in [-0.1, -0.05) is 142 Å². The van der Waals surface area contributed by atoms with Crippen LogP contribution >= 0.6 is 0 Å². The number of ether oxygens (including phenoxy) is 5. The highest BCUT2D eigenvalue weighted by Crippen LogP contribution is 2.14. The summed E-state index contributed by atoms with van der Waals surface area (Å²) in [5.41, 5.74) is 0. The lowest BCUT2D eigenvalue weighted by Gasteiger charge is -2.18. The largest absolute Gasteiger partial charge is 0.462 e. The number of aliphatic hydroxyl groups excluding tert-OH is 1. The minimum absolute atomic E-state index is 0.0781. The lowest BCUT2D eigenvalue weighted by molar-refractivity contribution is -0.168. The van der Waals surface area contributed by atoms with Crippen molar-refractivity contribution in [2.75, 3.05) is 46.2 Å². The van der Waals surface area contributed by atoms with E-state index >= 15 is 0 Å². The van der Waals surface area contributed by atoms with Crippen molar-refractivity contribution in [3.05, 3.63) is 0 Å². The SMILES string of the molecule is CCCCCCCCCCCCCC(=O)OCC(COC(=O)COCCOCCO)OC(=O)CCCCCCCCCCCCC. The minimum Gasteiger partial charge on any atom is -0.462 e. The van der Waals surface area contributed by atoms with Crippen LogP contribution < -0.4 is 0 Å². The molecule has 0 rings (SSSR count). The Kier molecular flexibility index (Phi) is 34.8. The number of carbonyl (C=O) groups excluding carboxylic acids is 3. The van der Waals surface area contributed by atoms with Crippen molar-refractivity contribution >= 4 is 17.9 Å². The Labute approximate surface area is 281 Å². The number of aliphatic hydroxyl groups is 1. The second kappa shape index (κ2) is 36.1. The van der Waals surface area contributed by atoms with Crippen molar-refractivity contribution in [3.63, 3.8) is 0 Å². The molecule has 0 aromatic heterocycles. The fourth-order valence-electron chi connectivity index (χ4n) is 5.15. The third-order valence-electron chi connectivity index (χ3n) is 7.95. The first kappa shape index (κ1) is 44.3. The van der Waals surface area contributed by atoms with Crippen molar-refractivity contribution in [2.24, 2.45) is 0 Å². The van der Waals surface area contributed by atoms with Gasteiger partial charge in [0, 0.05) is 12.8 Å². The van der Waals surface area contributed by atoms with Crippen LogP contribution in [0.25, 0.3) is 0 Å². The normalized spacial score (nSPS) is 11.8. The van der Waals surface area contributed by atoms with E-state index < -0.39 is 12.1 Å². The number of hydrogen-bond donors (Lipinski definition) is 1. The van der Waals surface area contributed by atoms with E-state index in [-0.39, 0.29) is 64.6 Å². The molecule has 0 saturated carbocycles. The molecule has 0 saturated heterocycles. The van der Waals surface area contributed by atoms with Gasteiger partial charge < -0.3 is 28.8 Å². The zero-order chi connectivity index (χ0) is 33.8. The summed E-state index contributed by atoms with van der Waals surface area (Å²) in [5.74, 6) is -1.32. The fraction of sp³-hybridized carbons (Fsp3) is 0.919. The number of esters is 3. The van der Waals surface area contributed by atoms with Crippen LogP contribution in [0.2, 0.25) is 0 Å². The Morgan fingerprint density at radius 3 is 1.33 bits per heavy atom. The molecule has 1 N–H and O–H groups in total. The summed E-state index contributed by atoms with van der Waals surface area (Å²) in [6, 6.07) is 0. The highest BCUT2D eigenvalue weighted by Gasteiger charge is 2.19. The molecule has 0 aromatic carbocycles. The molecule has 0 aromatic rings. The molecule has 46 heavy (non-hydrogen) atoms. The Balaban J connectivity index is 4.29. The second-order valence-electron chi connectivity index (χ2n) is 12.4. The summed E-state index contributed by atoms with van der Waals surface area (Å²) in [7, 11) is 0. The van der Waals surface area contributed by atoms with Crippen LogP contribution in [-0.4, -0.2) is 75.4 Å². The molecule has 0 aliphatic rings. The quantitative estimate of drug-likeness (QED) is 0.0402. The van der Waals surface area contributed by atoms with Crippen LogP contribution in [0.3, 0.4) is 0 Å². The molecule has 0 amide bonds. The highest BCUT2D eigenvalue weighted by molar-refractivity contribution is 5.71. The Morgan fingerprint density at radius 2 is 0.870 bits per heavy atom. The van der Waals surface area contributed by atoms with Crippen LogP contribution in [0.15, 0.2) is 0 Å². The monoisotopic (exact) mass is 659 g/mol. The summed E-state index contributed by atoms with van der Waals surface area (Å²) in [4.78, 5) is 37.0. The summed E-state index contributed by atoms with van der Waals surface area (Å²) in [6.45, 7) is 4.40. The lowest BCUT2D eigenvalue weighted by atomic mass is 10.1. The van der Waals surface area contributed by atoms with Crippen LogP contribution in [0.4, 0.5) is 0 Å². The molecule has 0 aliphatic carbocycles. The van der Waals surface area contributed by atoms with Gasteiger partial charge in [-0.05, 0) is 12.8 Å². The van der Waals surface area contributed by atoms with E-state index in [0.717, 1.165) is 38.5 Å². The summed E-state index contributed by atoms with van der Waals surface area (Å²) in [5, 5.41) is 8.71. The molecule has 9 heteroatoms. The maximum atomic E-state index is 12.5. The predicted molar refractivity (Wildman–Crippen MR) is 183 cm³/mol. The maximum absolute atomic E-state index is 12.5. The zero-order valence-electron chi connectivity index (χ0n) is 29.7. The molecule has 9 nitrogen and oxygen atoms in total. The van der Waals surface area contributed by atoms with Gasteiger partial charge in [-0.2, -0.15) is 0 Å². The van der Waals surface area contributed by atoms with Gasteiger partial charge in [-0.3, -0.25) is 9.59 Å². The third-order valence-corrected chi connectivity index (χ3v) is 7.95. The molecular weight excluding hydrogens is 588 g/mol.